The van der Waals surface area contributed by atoms with Crippen LogP contribution in [-0.4, -0.2) is 40.1 Å². The van der Waals surface area contributed by atoms with Gasteiger partial charge in [0, 0.05) is 23.0 Å². The topological polar surface area (TPSA) is 37.6 Å². The zero-order valence-corrected chi connectivity index (χ0v) is 19.3. The third-order valence-corrected chi connectivity index (χ3v) is 6.63. The third kappa shape index (κ3) is 5.64. The molecule has 4 nitrogen and oxygen atoms in total. The molecule has 1 aliphatic rings. The quantitative estimate of drug-likeness (QED) is 0.471. The second-order valence-electron chi connectivity index (χ2n) is 9.43. The maximum atomic E-state index is 12.4. The van der Waals surface area contributed by atoms with Crippen LogP contribution in [0.3, 0.4) is 0 Å². The summed E-state index contributed by atoms with van der Waals surface area (Å²) >= 11 is 0. The van der Waals surface area contributed by atoms with Gasteiger partial charge in [0.1, 0.15) is 5.75 Å². The van der Waals surface area contributed by atoms with Crippen LogP contribution in [0.2, 0.25) is 0 Å². The van der Waals surface area contributed by atoms with E-state index in [1.54, 1.807) is 16.7 Å². The summed E-state index contributed by atoms with van der Waals surface area (Å²) in [6.07, 6.45) is 0.655. The minimum atomic E-state index is -4.71. The van der Waals surface area contributed by atoms with Crippen molar-refractivity contribution in [1.82, 2.24) is 9.47 Å². The SMILES string of the molecule is Cc1cc(CC2CCN(C(C)C)CC2)cc2cn(Cc3ccc(OC(F)(F)F)cc3)c(O)c12. The summed E-state index contributed by atoms with van der Waals surface area (Å²) in [6.45, 7) is 9.16. The lowest BCUT2D eigenvalue weighted by atomic mass is 9.88. The number of halogens is 3. The van der Waals surface area contributed by atoms with Crippen molar-refractivity contribution >= 4 is 10.8 Å². The Balaban J connectivity index is 1.48. The smallest absolute Gasteiger partial charge is 0.494 e. The first-order chi connectivity index (χ1) is 15.6. The number of nitrogens with zero attached hydrogens (tertiary/aromatic N) is 2. The fraction of sp³-hybridized carbons (Fsp3) is 0.462. The normalized spacial score (nSPS) is 16.1. The van der Waals surface area contributed by atoms with Crippen LogP contribution in [0.15, 0.2) is 42.6 Å². The highest BCUT2D eigenvalue weighted by atomic mass is 19.4. The zero-order chi connectivity index (χ0) is 23.8. The van der Waals surface area contributed by atoms with E-state index in [4.69, 9.17) is 0 Å². The van der Waals surface area contributed by atoms with Crippen LogP contribution in [0.25, 0.3) is 10.8 Å². The molecule has 0 radical (unpaired) electrons. The average molecular weight is 461 g/mol. The van der Waals surface area contributed by atoms with Crippen molar-refractivity contribution < 1.29 is 23.0 Å². The Hall–Kier alpha value is -2.67. The molecular weight excluding hydrogens is 429 g/mol. The van der Waals surface area contributed by atoms with Gasteiger partial charge >= 0.3 is 6.36 Å². The molecule has 1 aromatic heterocycles. The van der Waals surface area contributed by atoms with Crippen molar-refractivity contribution in [3.05, 3.63) is 59.3 Å². The predicted octanol–water partition coefficient (Wildman–Crippen LogP) is 6.27. The minimum absolute atomic E-state index is 0.176. The van der Waals surface area contributed by atoms with Gasteiger partial charge in [-0.05, 0) is 93.9 Å². The Morgan fingerprint density at radius 1 is 1.06 bits per heavy atom. The van der Waals surface area contributed by atoms with Crippen molar-refractivity contribution in [3.8, 4) is 11.6 Å². The van der Waals surface area contributed by atoms with E-state index in [1.807, 2.05) is 13.1 Å². The van der Waals surface area contributed by atoms with Gasteiger partial charge in [-0.15, -0.1) is 13.2 Å². The Bertz CT molecular complexity index is 1100. The number of rotatable bonds is 6. The van der Waals surface area contributed by atoms with E-state index in [9.17, 15) is 18.3 Å². The van der Waals surface area contributed by atoms with E-state index in [1.165, 1.54) is 30.5 Å². The number of aryl methyl sites for hydroxylation is 1. The lowest BCUT2D eigenvalue weighted by Gasteiger charge is -2.34. The van der Waals surface area contributed by atoms with E-state index in [0.717, 1.165) is 41.4 Å². The second kappa shape index (κ2) is 9.29. The van der Waals surface area contributed by atoms with E-state index >= 15 is 0 Å². The molecule has 0 bridgehead atoms. The van der Waals surface area contributed by atoms with E-state index < -0.39 is 6.36 Å². The highest BCUT2D eigenvalue weighted by Gasteiger charge is 2.31. The molecule has 0 spiro atoms. The van der Waals surface area contributed by atoms with Gasteiger partial charge in [0.05, 0.1) is 6.54 Å². The minimum Gasteiger partial charge on any atom is -0.494 e. The fourth-order valence-corrected chi connectivity index (χ4v) is 4.91. The van der Waals surface area contributed by atoms with Crippen molar-refractivity contribution in [2.45, 2.75) is 59.0 Å². The van der Waals surface area contributed by atoms with Crippen molar-refractivity contribution in [3.63, 3.8) is 0 Å². The monoisotopic (exact) mass is 460 g/mol. The molecule has 1 aliphatic heterocycles. The molecular formula is C26H31F3N2O2. The number of hydrogen-bond donors (Lipinski definition) is 1. The van der Waals surface area contributed by atoms with Crippen LogP contribution >= 0.6 is 0 Å². The third-order valence-electron chi connectivity index (χ3n) is 6.63. The first-order valence-corrected chi connectivity index (χ1v) is 11.5. The highest BCUT2D eigenvalue weighted by molar-refractivity contribution is 5.91. The summed E-state index contributed by atoms with van der Waals surface area (Å²) in [5.74, 6) is 0.590. The van der Waals surface area contributed by atoms with Gasteiger partial charge in [0.25, 0.3) is 0 Å². The number of ether oxygens (including phenoxy) is 1. The Morgan fingerprint density at radius 3 is 2.33 bits per heavy atom. The summed E-state index contributed by atoms with van der Waals surface area (Å²) in [7, 11) is 0. The zero-order valence-electron chi connectivity index (χ0n) is 19.3. The maximum absolute atomic E-state index is 12.4. The van der Waals surface area contributed by atoms with Crippen LogP contribution < -0.4 is 4.74 Å². The molecule has 0 aliphatic carbocycles. The van der Waals surface area contributed by atoms with Crippen LogP contribution in [-0.2, 0) is 13.0 Å². The van der Waals surface area contributed by atoms with Crippen LogP contribution in [0.1, 0.15) is 43.4 Å². The summed E-state index contributed by atoms with van der Waals surface area (Å²) in [4.78, 5) is 2.53. The molecule has 1 fully saturated rings. The van der Waals surface area contributed by atoms with Gasteiger partial charge in [0.15, 0.2) is 5.88 Å². The number of aromatic hydroxyl groups is 1. The maximum Gasteiger partial charge on any atom is 0.573 e. The lowest BCUT2D eigenvalue weighted by Crippen LogP contribution is -2.38. The van der Waals surface area contributed by atoms with Gasteiger partial charge in [-0.25, -0.2) is 0 Å². The van der Waals surface area contributed by atoms with Crippen molar-refractivity contribution in [2.75, 3.05) is 13.1 Å². The molecule has 0 saturated carbocycles. The van der Waals surface area contributed by atoms with Crippen LogP contribution in [0, 0.1) is 12.8 Å². The molecule has 0 atom stereocenters. The lowest BCUT2D eigenvalue weighted by molar-refractivity contribution is -0.274. The summed E-state index contributed by atoms with van der Waals surface area (Å²) in [6, 6.07) is 10.7. The summed E-state index contributed by atoms with van der Waals surface area (Å²) in [5, 5.41) is 12.6. The first kappa shape index (κ1) is 23.5. The standard InChI is InChI=1S/C26H31F3N2O2/c1-17(2)30-10-8-19(9-11-30)13-21-12-18(3)24-22(14-21)16-31(25(24)32)15-20-4-6-23(7-5-20)33-26(27,28)29/h4-7,12,14,16-17,19,32H,8-11,13,15H2,1-3H3. The predicted molar refractivity (Wildman–Crippen MR) is 124 cm³/mol. The number of alkyl halides is 3. The molecule has 1 saturated heterocycles. The van der Waals surface area contributed by atoms with E-state index in [2.05, 4.69) is 35.6 Å². The number of benzene rings is 2. The van der Waals surface area contributed by atoms with Gasteiger partial charge in [0.2, 0.25) is 0 Å². The summed E-state index contributed by atoms with van der Waals surface area (Å²) < 4.78 is 42.8. The molecule has 33 heavy (non-hydrogen) atoms. The highest BCUT2D eigenvalue weighted by Crippen LogP contribution is 2.34. The van der Waals surface area contributed by atoms with Gasteiger partial charge in [-0.3, -0.25) is 0 Å². The summed E-state index contributed by atoms with van der Waals surface area (Å²) in [5.41, 5.74) is 3.09. The molecule has 178 valence electrons. The Morgan fingerprint density at radius 2 is 1.73 bits per heavy atom. The van der Waals surface area contributed by atoms with Crippen LogP contribution in [0.4, 0.5) is 13.2 Å². The Kier molecular flexibility index (Phi) is 6.61. The molecule has 0 amide bonds. The molecule has 7 heteroatoms. The van der Waals surface area contributed by atoms with Crippen molar-refractivity contribution in [1.29, 1.82) is 0 Å². The van der Waals surface area contributed by atoms with E-state index in [0.29, 0.717) is 18.5 Å². The second-order valence-corrected chi connectivity index (χ2v) is 9.43. The van der Waals surface area contributed by atoms with Crippen molar-refractivity contribution in [2.24, 2.45) is 5.92 Å². The van der Waals surface area contributed by atoms with Gasteiger partial charge in [-0.2, -0.15) is 0 Å². The Labute approximate surface area is 192 Å². The molecule has 0 unspecified atom stereocenters. The molecule has 3 aromatic rings. The number of likely N-dealkylation sites (tertiary alicyclic amines) is 1. The molecule has 1 N–H and O–H groups in total. The van der Waals surface area contributed by atoms with Gasteiger partial charge < -0.3 is 19.3 Å². The fourth-order valence-electron chi connectivity index (χ4n) is 4.91. The number of aromatic nitrogens is 1. The first-order valence-electron chi connectivity index (χ1n) is 11.5. The van der Waals surface area contributed by atoms with Gasteiger partial charge in [-0.1, -0.05) is 18.2 Å². The molecule has 4 rings (SSSR count). The largest absolute Gasteiger partial charge is 0.573 e. The molecule has 2 aromatic carbocycles. The number of piperidine rings is 1. The average Bonchev–Trinajstić information content (AvgIpc) is 3.04. The molecule has 2 heterocycles. The number of hydrogen-bond acceptors (Lipinski definition) is 3. The number of fused-ring (bicyclic) bond motifs is 1. The van der Waals surface area contributed by atoms with Crippen LogP contribution in [0.5, 0.6) is 11.6 Å². The van der Waals surface area contributed by atoms with E-state index in [-0.39, 0.29) is 11.6 Å².